The van der Waals surface area contributed by atoms with Crippen LogP contribution in [0.5, 0.6) is 5.75 Å². The van der Waals surface area contributed by atoms with Crippen molar-refractivity contribution >= 4 is 11.8 Å². The van der Waals surface area contributed by atoms with E-state index in [1.807, 2.05) is 0 Å². The van der Waals surface area contributed by atoms with Crippen LogP contribution in [0.1, 0.15) is 34.3 Å². The highest BCUT2D eigenvalue weighted by Gasteiger charge is 2.30. The number of nitrogens with one attached hydrogen (secondary N) is 2. The van der Waals surface area contributed by atoms with Crippen LogP contribution in [0, 0.1) is 5.92 Å². The van der Waals surface area contributed by atoms with E-state index in [0.29, 0.717) is 29.4 Å². The van der Waals surface area contributed by atoms with Crippen molar-refractivity contribution in [2.24, 2.45) is 5.92 Å². The second kappa shape index (κ2) is 10.5. The molecule has 0 saturated heterocycles. The molecule has 2 aromatic carbocycles. The summed E-state index contributed by atoms with van der Waals surface area (Å²) < 4.78 is 44.0. The number of hydrogen-bond donors (Lipinski definition) is 3. The lowest BCUT2D eigenvalue weighted by molar-refractivity contribution is -0.137. The first kappa shape index (κ1) is 23.6. The largest absolute Gasteiger partial charge is 0.493 e. The first-order valence-electron chi connectivity index (χ1n) is 10.3. The summed E-state index contributed by atoms with van der Waals surface area (Å²) in [5, 5.41) is 14.0. The molecule has 1 fully saturated rings. The minimum absolute atomic E-state index is 0.00869. The molecule has 0 aliphatic heterocycles. The van der Waals surface area contributed by atoms with E-state index < -0.39 is 29.6 Å². The van der Waals surface area contributed by atoms with E-state index in [1.165, 1.54) is 25.0 Å². The van der Waals surface area contributed by atoms with Gasteiger partial charge in [0, 0.05) is 18.5 Å². The van der Waals surface area contributed by atoms with Crippen LogP contribution in [0.2, 0.25) is 0 Å². The van der Waals surface area contributed by atoms with Gasteiger partial charge in [-0.2, -0.15) is 13.2 Å². The zero-order valence-electron chi connectivity index (χ0n) is 17.3. The first-order valence-corrected chi connectivity index (χ1v) is 10.3. The number of aliphatic hydroxyl groups is 1. The maximum atomic E-state index is 12.8. The van der Waals surface area contributed by atoms with E-state index in [9.17, 15) is 22.8 Å². The minimum atomic E-state index is -4.46. The summed E-state index contributed by atoms with van der Waals surface area (Å²) in [6.45, 7) is 0.353. The molecule has 1 saturated carbocycles. The van der Waals surface area contributed by atoms with Crippen molar-refractivity contribution in [1.82, 2.24) is 10.6 Å². The molecule has 1 aliphatic rings. The zero-order chi connectivity index (χ0) is 23.1. The molecule has 0 radical (unpaired) electrons. The van der Waals surface area contributed by atoms with Gasteiger partial charge in [-0.1, -0.05) is 12.1 Å². The Labute approximate surface area is 183 Å². The summed E-state index contributed by atoms with van der Waals surface area (Å²) in [4.78, 5) is 25.1. The molecule has 0 aromatic heterocycles. The fraction of sp³-hybridized carbons (Fsp3) is 0.391. The molecule has 1 aliphatic carbocycles. The Morgan fingerprint density at radius 3 is 2.28 bits per heavy atom. The summed E-state index contributed by atoms with van der Waals surface area (Å²) in [6.07, 6.45) is -2.14. The second-order valence-corrected chi connectivity index (χ2v) is 7.72. The van der Waals surface area contributed by atoms with Gasteiger partial charge in [0.15, 0.2) is 0 Å². The molecule has 0 bridgehead atoms. The molecule has 172 valence electrons. The molecule has 3 rings (SSSR count). The van der Waals surface area contributed by atoms with Crippen molar-refractivity contribution in [1.29, 1.82) is 0 Å². The van der Waals surface area contributed by atoms with Gasteiger partial charge in [-0.15, -0.1) is 0 Å². The van der Waals surface area contributed by atoms with Gasteiger partial charge < -0.3 is 20.5 Å². The molecule has 32 heavy (non-hydrogen) atoms. The predicted octanol–water partition coefficient (Wildman–Crippen LogP) is 2.94. The van der Waals surface area contributed by atoms with E-state index in [-0.39, 0.29) is 19.6 Å². The highest BCUT2D eigenvalue weighted by atomic mass is 19.4. The molecule has 3 N–H and O–H groups in total. The molecule has 2 amide bonds. The average molecular weight is 450 g/mol. The third-order valence-corrected chi connectivity index (χ3v) is 5.05. The van der Waals surface area contributed by atoms with E-state index in [4.69, 9.17) is 9.84 Å². The van der Waals surface area contributed by atoms with Gasteiger partial charge in [0.2, 0.25) is 5.91 Å². The fourth-order valence-electron chi connectivity index (χ4n) is 3.02. The van der Waals surface area contributed by atoms with Crippen LogP contribution in [0.3, 0.4) is 0 Å². The van der Waals surface area contributed by atoms with Crippen LogP contribution >= 0.6 is 0 Å². The van der Waals surface area contributed by atoms with Gasteiger partial charge in [0.25, 0.3) is 5.91 Å². The Morgan fingerprint density at radius 1 is 1.06 bits per heavy atom. The average Bonchev–Trinajstić information content (AvgIpc) is 3.60. The highest BCUT2D eigenvalue weighted by Crippen LogP contribution is 2.30. The van der Waals surface area contributed by atoms with Crippen molar-refractivity contribution in [2.75, 3.05) is 19.8 Å². The third-order valence-electron chi connectivity index (χ3n) is 5.05. The molecule has 2 aromatic rings. The van der Waals surface area contributed by atoms with Crippen molar-refractivity contribution in [3.63, 3.8) is 0 Å². The van der Waals surface area contributed by atoms with E-state index in [2.05, 4.69) is 10.6 Å². The predicted molar refractivity (Wildman–Crippen MR) is 111 cm³/mol. The lowest BCUT2D eigenvalue weighted by Gasteiger charge is -2.19. The monoisotopic (exact) mass is 450 g/mol. The normalized spacial score (nSPS) is 14.5. The van der Waals surface area contributed by atoms with Gasteiger partial charge >= 0.3 is 6.18 Å². The summed E-state index contributed by atoms with van der Waals surface area (Å²) in [7, 11) is 0. The van der Waals surface area contributed by atoms with Gasteiger partial charge in [0.05, 0.1) is 18.8 Å². The number of benzene rings is 2. The van der Waals surface area contributed by atoms with Gasteiger partial charge in [-0.3, -0.25) is 9.59 Å². The lowest BCUT2D eigenvalue weighted by Crippen LogP contribution is -2.48. The first-order chi connectivity index (χ1) is 15.3. The van der Waals surface area contributed by atoms with Crippen LogP contribution in [-0.2, 0) is 17.4 Å². The van der Waals surface area contributed by atoms with Crippen molar-refractivity contribution in [3.8, 4) is 5.75 Å². The number of halogens is 3. The zero-order valence-corrected chi connectivity index (χ0v) is 17.3. The van der Waals surface area contributed by atoms with Gasteiger partial charge in [-0.25, -0.2) is 0 Å². The van der Waals surface area contributed by atoms with E-state index in [0.717, 1.165) is 12.1 Å². The fourth-order valence-corrected chi connectivity index (χ4v) is 3.02. The SMILES string of the molecule is O=C(N[C@@H](Cc1ccc(C(F)(F)F)cc1)C(=O)NCCO)c1ccc(OCC2CC2)cc1. The van der Waals surface area contributed by atoms with Crippen molar-refractivity contribution in [2.45, 2.75) is 31.5 Å². The van der Waals surface area contributed by atoms with Crippen molar-refractivity contribution in [3.05, 3.63) is 65.2 Å². The number of carbonyl (C=O) groups excluding carboxylic acids is 2. The van der Waals surface area contributed by atoms with E-state index >= 15 is 0 Å². The van der Waals surface area contributed by atoms with Crippen LogP contribution in [0.25, 0.3) is 0 Å². The lowest BCUT2D eigenvalue weighted by atomic mass is 10.0. The Bertz CT molecular complexity index is 910. The highest BCUT2D eigenvalue weighted by molar-refractivity contribution is 5.97. The second-order valence-electron chi connectivity index (χ2n) is 7.72. The van der Waals surface area contributed by atoms with E-state index in [1.54, 1.807) is 24.3 Å². The number of hydrogen-bond acceptors (Lipinski definition) is 4. The number of ether oxygens (including phenoxy) is 1. The smallest absolute Gasteiger partial charge is 0.416 e. The Morgan fingerprint density at radius 2 is 1.72 bits per heavy atom. The summed E-state index contributed by atoms with van der Waals surface area (Å²) in [5.41, 5.74) is -0.0296. The number of alkyl halides is 3. The Hall–Kier alpha value is -3.07. The quantitative estimate of drug-likeness (QED) is 0.520. The molecule has 9 heteroatoms. The van der Waals surface area contributed by atoms with Crippen LogP contribution in [0.15, 0.2) is 48.5 Å². The standard InChI is InChI=1S/C23H25F3N2O4/c24-23(25,26)18-7-3-15(4-8-18)13-20(22(31)27-11-12-29)28-21(30)17-5-9-19(10-6-17)32-14-16-1-2-16/h3-10,16,20,29H,1-2,11-14H2,(H,27,31)(H,28,30)/t20-/m0/s1. The molecular formula is C23H25F3N2O4. The number of rotatable bonds is 10. The summed E-state index contributed by atoms with van der Waals surface area (Å²) in [5.74, 6) is 0.197. The summed E-state index contributed by atoms with van der Waals surface area (Å²) in [6, 6.07) is 9.89. The van der Waals surface area contributed by atoms with Crippen molar-refractivity contribution < 1.29 is 32.6 Å². The number of amides is 2. The number of aliphatic hydroxyl groups excluding tert-OH is 1. The molecule has 0 heterocycles. The molecule has 1 atom stereocenters. The maximum absolute atomic E-state index is 12.8. The third kappa shape index (κ3) is 6.98. The Kier molecular flexibility index (Phi) is 7.74. The minimum Gasteiger partial charge on any atom is -0.493 e. The van der Waals surface area contributed by atoms with Crippen LogP contribution in [0.4, 0.5) is 13.2 Å². The van der Waals surface area contributed by atoms with Crippen LogP contribution < -0.4 is 15.4 Å². The molecular weight excluding hydrogens is 425 g/mol. The number of carbonyl (C=O) groups is 2. The summed E-state index contributed by atoms with van der Waals surface area (Å²) >= 11 is 0. The molecule has 0 unspecified atom stereocenters. The maximum Gasteiger partial charge on any atom is 0.416 e. The molecule has 0 spiro atoms. The van der Waals surface area contributed by atoms with Gasteiger partial charge in [0.1, 0.15) is 11.8 Å². The van der Waals surface area contributed by atoms with Crippen LogP contribution in [-0.4, -0.2) is 42.7 Å². The van der Waals surface area contributed by atoms with Gasteiger partial charge in [-0.05, 0) is 60.7 Å². The molecule has 6 nitrogen and oxygen atoms in total. The Balaban J connectivity index is 1.66. The topological polar surface area (TPSA) is 87.7 Å².